The molecule has 1 aromatic heterocycles. The number of fused-ring (bicyclic) bond motifs is 1. The average Bonchev–Trinajstić information content (AvgIpc) is 3.05. The van der Waals surface area contributed by atoms with Crippen LogP contribution in [0.2, 0.25) is 0 Å². The molecule has 0 spiro atoms. The molecule has 2 aliphatic rings. The van der Waals surface area contributed by atoms with E-state index in [1.165, 1.54) is 0 Å². The number of aryl methyl sites for hydroxylation is 1. The van der Waals surface area contributed by atoms with Gasteiger partial charge in [-0.2, -0.15) is 0 Å². The van der Waals surface area contributed by atoms with Crippen molar-refractivity contribution in [3.8, 4) is 0 Å². The number of aliphatic hydroxyl groups is 1. The fraction of sp³-hybridized carbons (Fsp3) is 0.733. The summed E-state index contributed by atoms with van der Waals surface area (Å²) in [5.74, 6) is 1.15. The molecule has 5 heteroatoms. The lowest BCUT2D eigenvalue weighted by molar-refractivity contribution is -0.0609. The molecule has 0 aromatic carbocycles. The second kappa shape index (κ2) is 4.88. The molecular weight excluding hydrogens is 254 g/mol. The summed E-state index contributed by atoms with van der Waals surface area (Å²) in [5.41, 5.74) is -0.584. The Morgan fingerprint density at radius 2 is 2.35 bits per heavy atom. The Morgan fingerprint density at radius 3 is 3.00 bits per heavy atom. The zero-order valence-electron chi connectivity index (χ0n) is 12.2. The van der Waals surface area contributed by atoms with Crippen LogP contribution in [-0.2, 0) is 7.05 Å². The Kier molecular flexibility index (Phi) is 3.32. The van der Waals surface area contributed by atoms with Crippen molar-refractivity contribution in [3.63, 3.8) is 0 Å². The standard InChI is InChI=1S/C15H23N3O2/c1-3-15(20)6-4-5-11-9-18(10-12(11)15)14(19)13-16-7-8-17(13)2/h7-8,11-12,20H,3-6,9-10H2,1-2H3/t11-,12+,15-/m1/s1. The van der Waals surface area contributed by atoms with Crippen molar-refractivity contribution in [2.75, 3.05) is 13.1 Å². The minimum absolute atomic E-state index is 0.00893. The summed E-state index contributed by atoms with van der Waals surface area (Å²) in [6.45, 7) is 3.48. The number of hydrogen-bond acceptors (Lipinski definition) is 3. The molecule has 0 bridgehead atoms. The van der Waals surface area contributed by atoms with Gasteiger partial charge in [0.25, 0.3) is 5.91 Å². The van der Waals surface area contributed by atoms with Gasteiger partial charge in [0.05, 0.1) is 5.60 Å². The molecule has 1 saturated carbocycles. The van der Waals surface area contributed by atoms with Crippen LogP contribution in [0.4, 0.5) is 0 Å². The maximum atomic E-state index is 12.5. The summed E-state index contributed by atoms with van der Waals surface area (Å²) in [4.78, 5) is 18.6. The Labute approximate surface area is 119 Å². The SMILES string of the molecule is CC[C@@]1(O)CCC[C@@H]2CN(C(=O)c3nccn3C)C[C@@H]21. The molecule has 1 aliphatic heterocycles. The number of aromatic nitrogens is 2. The topological polar surface area (TPSA) is 58.4 Å². The van der Waals surface area contributed by atoms with Gasteiger partial charge in [-0.25, -0.2) is 4.98 Å². The highest BCUT2D eigenvalue weighted by atomic mass is 16.3. The Balaban J connectivity index is 1.79. The summed E-state index contributed by atoms with van der Waals surface area (Å²) >= 11 is 0. The minimum atomic E-state index is -0.584. The van der Waals surface area contributed by atoms with Gasteiger partial charge in [0.1, 0.15) is 0 Å². The molecular formula is C15H23N3O2. The predicted octanol–water partition coefficient (Wildman–Crippen LogP) is 1.43. The Morgan fingerprint density at radius 1 is 1.55 bits per heavy atom. The maximum absolute atomic E-state index is 12.5. The number of hydrogen-bond donors (Lipinski definition) is 1. The quantitative estimate of drug-likeness (QED) is 0.889. The van der Waals surface area contributed by atoms with Crippen molar-refractivity contribution in [1.29, 1.82) is 0 Å². The van der Waals surface area contributed by atoms with Crippen LogP contribution in [-0.4, -0.2) is 44.2 Å². The fourth-order valence-electron chi connectivity index (χ4n) is 3.95. The molecule has 2 fully saturated rings. The third-order valence-corrected chi connectivity index (χ3v) is 5.23. The molecule has 1 N–H and O–H groups in total. The van der Waals surface area contributed by atoms with E-state index in [9.17, 15) is 9.90 Å². The van der Waals surface area contributed by atoms with Crippen molar-refractivity contribution >= 4 is 5.91 Å². The predicted molar refractivity (Wildman–Crippen MR) is 75.2 cm³/mol. The molecule has 1 aromatic rings. The Hall–Kier alpha value is -1.36. The van der Waals surface area contributed by atoms with E-state index < -0.39 is 5.60 Å². The van der Waals surface area contributed by atoms with Crippen molar-refractivity contribution in [3.05, 3.63) is 18.2 Å². The lowest BCUT2D eigenvalue weighted by atomic mass is 9.69. The molecule has 2 heterocycles. The molecule has 5 nitrogen and oxygen atoms in total. The molecule has 20 heavy (non-hydrogen) atoms. The molecule has 1 saturated heterocycles. The van der Waals surface area contributed by atoms with Gasteiger partial charge in [-0.15, -0.1) is 0 Å². The number of carbonyl (C=O) groups excluding carboxylic acids is 1. The first-order valence-corrected chi connectivity index (χ1v) is 7.54. The summed E-state index contributed by atoms with van der Waals surface area (Å²) < 4.78 is 1.76. The van der Waals surface area contributed by atoms with Gasteiger partial charge in [-0.1, -0.05) is 13.3 Å². The van der Waals surface area contributed by atoms with Crippen LogP contribution in [0.5, 0.6) is 0 Å². The van der Waals surface area contributed by atoms with Gasteiger partial charge in [-0.3, -0.25) is 4.79 Å². The summed E-state index contributed by atoms with van der Waals surface area (Å²) in [7, 11) is 1.84. The highest BCUT2D eigenvalue weighted by Gasteiger charge is 2.49. The zero-order valence-corrected chi connectivity index (χ0v) is 12.2. The number of nitrogens with zero attached hydrogens (tertiary/aromatic N) is 3. The van der Waals surface area contributed by atoms with Crippen molar-refractivity contribution in [2.24, 2.45) is 18.9 Å². The average molecular weight is 277 g/mol. The van der Waals surface area contributed by atoms with Crippen molar-refractivity contribution in [1.82, 2.24) is 14.5 Å². The highest BCUT2D eigenvalue weighted by molar-refractivity contribution is 5.91. The fourth-order valence-corrected chi connectivity index (χ4v) is 3.95. The third-order valence-electron chi connectivity index (χ3n) is 5.23. The number of likely N-dealkylation sites (tertiary alicyclic amines) is 1. The van der Waals surface area contributed by atoms with Crippen LogP contribution >= 0.6 is 0 Å². The molecule has 110 valence electrons. The molecule has 1 amide bonds. The summed E-state index contributed by atoms with van der Waals surface area (Å²) in [6, 6.07) is 0. The highest BCUT2D eigenvalue weighted by Crippen LogP contribution is 2.44. The van der Waals surface area contributed by atoms with E-state index in [-0.39, 0.29) is 11.8 Å². The molecule has 3 atom stereocenters. The van der Waals surface area contributed by atoms with Crippen molar-refractivity contribution < 1.29 is 9.90 Å². The molecule has 1 aliphatic carbocycles. The second-order valence-corrected chi connectivity index (χ2v) is 6.29. The first-order valence-electron chi connectivity index (χ1n) is 7.54. The van der Waals surface area contributed by atoms with Crippen LogP contribution < -0.4 is 0 Å². The van der Waals surface area contributed by atoms with Gasteiger partial charge in [0.2, 0.25) is 0 Å². The lowest BCUT2D eigenvalue weighted by Gasteiger charge is -2.40. The minimum Gasteiger partial charge on any atom is -0.390 e. The van der Waals surface area contributed by atoms with E-state index in [1.807, 2.05) is 18.9 Å². The first kappa shape index (κ1) is 13.6. The van der Waals surface area contributed by atoms with E-state index in [1.54, 1.807) is 17.0 Å². The third kappa shape index (κ3) is 2.04. The summed E-state index contributed by atoms with van der Waals surface area (Å²) in [6.07, 6.45) is 7.28. The van der Waals surface area contributed by atoms with E-state index in [0.717, 1.165) is 32.2 Å². The lowest BCUT2D eigenvalue weighted by Crippen LogP contribution is -2.44. The second-order valence-electron chi connectivity index (χ2n) is 6.29. The number of carbonyl (C=O) groups is 1. The molecule has 0 radical (unpaired) electrons. The van der Waals surface area contributed by atoms with Crippen LogP contribution in [0.25, 0.3) is 0 Å². The number of imidazole rings is 1. The van der Waals surface area contributed by atoms with Crippen LogP contribution in [0.3, 0.4) is 0 Å². The van der Waals surface area contributed by atoms with Crippen LogP contribution in [0.1, 0.15) is 43.2 Å². The van der Waals surface area contributed by atoms with Crippen LogP contribution in [0.15, 0.2) is 12.4 Å². The first-order chi connectivity index (χ1) is 9.55. The van der Waals surface area contributed by atoms with Crippen LogP contribution in [0, 0.1) is 11.8 Å². The molecule has 3 rings (SSSR count). The zero-order chi connectivity index (χ0) is 14.3. The Bertz CT molecular complexity index is 513. The van der Waals surface area contributed by atoms with Crippen molar-refractivity contribution in [2.45, 2.75) is 38.2 Å². The van der Waals surface area contributed by atoms with E-state index in [2.05, 4.69) is 4.98 Å². The normalized spacial score (nSPS) is 33.2. The number of rotatable bonds is 2. The summed E-state index contributed by atoms with van der Waals surface area (Å²) in [5, 5.41) is 10.8. The van der Waals surface area contributed by atoms with Gasteiger partial charge in [0, 0.05) is 38.4 Å². The smallest absolute Gasteiger partial charge is 0.289 e. The van der Waals surface area contributed by atoms with E-state index >= 15 is 0 Å². The van der Waals surface area contributed by atoms with E-state index in [4.69, 9.17) is 0 Å². The van der Waals surface area contributed by atoms with Gasteiger partial charge in [-0.05, 0) is 25.2 Å². The van der Waals surface area contributed by atoms with Gasteiger partial charge >= 0.3 is 0 Å². The molecule has 0 unspecified atom stereocenters. The largest absolute Gasteiger partial charge is 0.390 e. The van der Waals surface area contributed by atoms with E-state index in [0.29, 0.717) is 18.3 Å². The number of amides is 1. The maximum Gasteiger partial charge on any atom is 0.289 e. The van der Waals surface area contributed by atoms with Gasteiger partial charge < -0.3 is 14.6 Å². The monoisotopic (exact) mass is 277 g/mol. The van der Waals surface area contributed by atoms with Gasteiger partial charge in [0.15, 0.2) is 5.82 Å².